The molecular weight excluding hydrogens is 592 g/mol. The first-order valence-corrected chi connectivity index (χ1v) is 14.4. The number of nitrogens with one attached hydrogen (secondary N) is 3. The minimum absolute atomic E-state index is 0.0444. The Morgan fingerprint density at radius 2 is 1.66 bits per heavy atom. The van der Waals surface area contributed by atoms with E-state index in [0.717, 1.165) is 18.2 Å². The monoisotopic (exact) mass is 622 g/mol. The summed E-state index contributed by atoms with van der Waals surface area (Å²) in [6.45, 7) is 2.98. The number of aromatic nitrogens is 2. The molecule has 0 aliphatic carbocycles. The number of rotatable bonds is 10. The van der Waals surface area contributed by atoms with Gasteiger partial charge in [0.25, 0.3) is 0 Å². The normalized spacial score (nSPS) is 12.5. The molecule has 4 rings (SSSR count). The minimum Gasteiger partial charge on any atom is -0.507 e. The van der Waals surface area contributed by atoms with Crippen molar-refractivity contribution in [1.29, 1.82) is 5.41 Å². The highest BCUT2D eigenvalue weighted by atomic mass is 32.2. The van der Waals surface area contributed by atoms with E-state index in [9.17, 15) is 33.0 Å². The van der Waals surface area contributed by atoms with Crippen LogP contribution in [0.15, 0.2) is 53.4 Å². The number of aromatic amines is 1. The molecule has 3 amide bonds. The standard InChI is InChI=1S/C28H30N8O7S/c1-28(2,27(41)36-20(25(32)40)11-22(29)38)13-8-16(15-10-14(44(33,42)43)4-6-21(15)37)23(39)17(9-13)26-34-18-5-3-12(24(30)31)7-19(18)35-26/h3-10,20,37,39H,11H2,1-2H3,(H2,29,38)(H3,30,31)(H2,32,40)(H,34,35)(H,36,41)(H2,33,42,43)/t20-/m1/s1. The lowest BCUT2D eigenvalue weighted by Gasteiger charge is -2.28. The molecule has 1 heterocycles. The number of carbonyl (C=O) groups is 3. The van der Waals surface area contributed by atoms with Gasteiger partial charge < -0.3 is 37.7 Å². The fourth-order valence-electron chi connectivity index (χ4n) is 4.49. The molecule has 44 heavy (non-hydrogen) atoms. The molecule has 1 aromatic heterocycles. The molecule has 0 spiro atoms. The molecule has 230 valence electrons. The van der Waals surface area contributed by atoms with Crippen molar-refractivity contribution in [2.75, 3.05) is 0 Å². The number of phenolic OH excluding ortho intramolecular Hbond substituents is 2. The van der Waals surface area contributed by atoms with Gasteiger partial charge in [-0.3, -0.25) is 19.8 Å². The van der Waals surface area contributed by atoms with E-state index in [4.69, 9.17) is 27.7 Å². The van der Waals surface area contributed by atoms with Gasteiger partial charge in [-0.05, 0) is 67.9 Å². The maximum absolute atomic E-state index is 13.5. The maximum Gasteiger partial charge on any atom is 0.240 e. The zero-order chi connectivity index (χ0) is 32.7. The quantitative estimate of drug-likeness (QED) is 0.0870. The first-order chi connectivity index (χ1) is 20.4. The van der Waals surface area contributed by atoms with Crippen LogP contribution in [0.3, 0.4) is 0 Å². The Bertz CT molecular complexity index is 1970. The van der Waals surface area contributed by atoms with Crippen LogP contribution in [0.4, 0.5) is 0 Å². The van der Waals surface area contributed by atoms with Crippen LogP contribution in [0.5, 0.6) is 11.5 Å². The molecule has 15 nitrogen and oxygen atoms in total. The smallest absolute Gasteiger partial charge is 0.240 e. The Morgan fingerprint density at radius 1 is 1.00 bits per heavy atom. The highest BCUT2D eigenvalue weighted by Crippen LogP contribution is 2.44. The largest absolute Gasteiger partial charge is 0.507 e. The molecule has 0 unspecified atom stereocenters. The van der Waals surface area contributed by atoms with Gasteiger partial charge in [0.1, 0.15) is 29.2 Å². The predicted molar refractivity (Wildman–Crippen MR) is 161 cm³/mol. The molecule has 0 aliphatic heterocycles. The van der Waals surface area contributed by atoms with E-state index in [2.05, 4.69) is 15.3 Å². The summed E-state index contributed by atoms with van der Waals surface area (Å²) in [7, 11) is -4.22. The van der Waals surface area contributed by atoms with Gasteiger partial charge in [-0.1, -0.05) is 0 Å². The maximum atomic E-state index is 13.5. The van der Waals surface area contributed by atoms with Crippen LogP contribution in [0, 0.1) is 5.41 Å². The van der Waals surface area contributed by atoms with Gasteiger partial charge in [0, 0.05) is 16.7 Å². The fraction of sp³-hybridized carbons (Fsp3) is 0.179. The van der Waals surface area contributed by atoms with E-state index in [0.29, 0.717) is 16.6 Å². The number of hydrogen-bond acceptors (Lipinski definition) is 9. The molecule has 0 radical (unpaired) electrons. The Labute approximate surface area is 250 Å². The average molecular weight is 623 g/mol. The van der Waals surface area contributed by atoms with Crippen LogP contribution in [-0.2, 0) is 29.8 Å². The average Bonchev–Trinajstić information content (AvgIpc) is 3.35. The molecule has 0 saturated heterocycles. The topological polar surface area (TPSA) is 294 Å². The third-order valence-corrected chi connectivity index (χ3v) is 8.00. The molecule has 0 saturated carbocycles. The summed E-state index contributed by atoms with van der Waals surface area (Å²) in [5, 5.41) is 37.7. The summed E-state index contributed by atoms with van der Waals surface area (Å²) in [6, 6.07) is 9.40. The Balaban J connectivity index is 1.97. The van der Waals surface area contributed by atoms with E-state index in [1.165, 1.54) is 26.0 Å². The number of sulfonamides is 1. The van der Waals surface area contributed by atoms with Crippen molar-refractivity contribution in [2.45, 2.75) is 36.6 Å². The summed E-state index contributed by atoms with van der Waals surface area (Å²) < 4.78 is 24.2. The number of H-pyrrole nitrogens is 1. The van der Waals surface area contributed by atoms with E-state index in [-0.39, 0.29) is 38.8 Å². The Hall–Kier alpha value is -5.48. The number of imidazole rings is 1. The number of aromatic hydroxyl groups is 2. The van der Waals surface area contributed by atoms with Crippen LogP contribution >= 0.6 is 0 Å². The summed E-state index contributed by atoms with van der Waals surface area (Å²) in [5.41, 5.74) is 16.0. The molecule has 16 heteroatoms. The minimum atomic E-state index is -4.22. The third kappa shape index (κ3) is 6.16. The number of phenols is 2. The SMILES string of the molecule is CC(C)(C(=O)N[C@H](CC(N)=O)C(N)=O)c1cc(-c2nc3ccc(C(=N)N)cc3[nH]2)c(O)c(-c2cc(S(N)(=O)=O)ccc2O)c1. The van der Waals surface area contributed by atoms with Gasteiger partial charge in [-0.25, -0.2) is 18.5 Å². The van der Waals surface area contributed by atoms with Gasteiger partial charge >= 0.3 is 0 Å². The lowest BCUT2D eigenvalue weighted by molar-refractivity contribution is -0.131. The molecule has 0 aliphatic rings. The number of primary sulfonamides is 1. The van der Waals surface area contributed by atoms with Crippen molar-refractivity contribution in [3.05, 3.63) is 59.7 Å². The highest BCUT2D eigenvalue weighted by Gasteiger charge is 2.35. The van der Waals surface area contributed by atoms with Crippen molar-refractivity contribution >= 4 is 44.6 Å². The lowest BCUT2D eigenvalue weighted by atomic mass is 9.80. The van der Waals surface area contributed by atoms with Crippen molar-refractivity contribution < 1.29 is 33.0 Å². The van der Waals surface area contributed by atoms with Crippen molar-refractivity contribution in [1.82, 2.24) is 15.3 Å². The van der Waals surface area contributed by atoms with E-state index < -0.39 is 57.1 Å². The molecular formula is C28H30N8O7S. The number of fused-ring (bicyclic) bond motifs is 1. The number of nitrogens with two attached hydrogens (primary N) is 4. The van der Waals surface area contributed by atoms with Gasteiger partial charge in [0.2, 0.25) is 27.7 Å². The molecule has 1 atom stereocenters. The van der Waals surface area contributed by atoms with Crippen LogP contribution in [0.25, 0.3) is 33.5 Å². The number of amidine groups is 1. The zero-order valence-corrected chi connectivity index (χ0v) is 24.3. The summed E-state index contributed by atoms with van der Waals surface area (Å²) >= 11 is 0. The molecule has 0 fully saturated rings. The van der Waals surface area contributed by atoms with Crippen LogP contribution in [0.2, 0.25) is 0 Å². The number of amides is 3. The fourth-order valence-corrected chi connectivity index (χ4v) is 5.03. The van der Waals surface area contributed by atoms with Gasteiger partial charge in [-0.2, -0.15) is 0 Å². The number of benzene rings is 3. The second kappa shape index (κ2) is 11.3. The Morgan fingerprint density at radius 3 is 2.25 bits per heavy atom. The third-order valence-electron chi connectivity index (χ3n) is 7.09. The first kappa shape index (κ1) is 31.5. The zero-order valence-electron chi connectivity index (χ0n) is 23.5. The van der Waals surface area contributed by atoms with Crippen LogP contribution < -0.4 is 27.7 Å². The Kier molecular flexibility index (Phi) is 8.08. The summed E-state index contributed by atoms with van der Waals surface area (Å²) in [6.07, 6.45) is -0.543. The number of hydrogen-bond donors (Lipinski definition) is 9. The van der Waals surface area contributed by atoms with Crippen molar-refractivity contribution in [3.8, 4) is 34.0 Å². The van der Waals surface area contributed by atoms with Gasteiger partial charge in [0.05, 0.1) is 33.3 Å². The molecule has 4 aromatic rings. The second-order valence-electron chi connectivity index (χ2n) is 10.6. The van der Waals surface area contributed by atoms with Gasteiger partial charge in [-0.15, -0.1) is 0 Å². The summed E-state index contributed by atoms with van der Waals surface area (Å²) in [5.74, 6) is -3.53. The van der Waals surface area contributed by atoms with Crippen LogP contribution in [-0.4, -0.2) is 58.2 Å². The number of nitrogen functional groups attached to an aromatic ring is 1. The van der Waals surface area contributed by atoms with E-state index in [1.54, 1.807) is 18.2 Å². The first-order valence-electron chi connectivity index (χ1n) is 12.9. The molecule has 3 aromatic carbocycles. The summed E-state index contributed by atoms with van der Waals surface area (Å²) in [4.78, 5) is 44.1. The van der Waals surface area contributed by atoms with E-state index in [1.807, 2.05) is 0 Å². The van der Waals surface area contributed by atoms with Crippen molar-refractivity contribution in [3.63, 3.8) is 0 Å². The van der Waals surface area contributed by atoms with Crippen LogP contribution in [0.1, 0.15) is 31.4 Å². The predicted octanol–water partition coefficient (Wildman–Crippen LogP) is 0.363. The van der Waals surface area contributed by atoms with Crippen molar-refractivity contribution in [2.24, 2.45) is 22.3 Å². The number of nitrogens with zero attached hydrogens (tertiary/aromatic N) is 1. The molecule has 13 N–H and O–H groups in total. The van der Waals surface area contributed by atoms with Gasteiger partial charge in [0.15, 0.2) is 0 Å². The number of primary amides is 2. The number of carbonyl (C=O) groups excluding carboxylic acids is 3. The second-order valence-corrected chi connectivity index (χ2v) is 12.2. The highest BCUT2D eigenvalue weighted by molar-refractivity contribution is 7.89. The van der Waals surface area contributed by atoms with E-state index >= 15 is 0 Å². The molecule has 0 bridgehead atoms. The lowest BCUT2D eigenvalue weighted by Crippen LogP contribution is -2.51.